The predicted octanol–water partition coefficient (Wildman–Crippen LogP) is 4.86. The van der Waals surface area contributed by atoms with Gasteiger partial charge in [-0.2, -0.15) is 18.3 Å². The molecule has 1 unspecified atom stereocenters. The minimum Gasteiger partial charge on any atom is -0.399 e. The number of nitrogen functional groups attached to an aromatic ring is 1. The van der Waals surface area contributed by atoms with Crippen LogP contribution in [0, 0.1) is 13.8 Å². The minimum absolute atomic E-state index is 0.0704. The molecule has 170 valence electrons. The number of benzene rings is 2. The Morgan fingerprint density at radius 2 is 1.78 bits per heavy atom. The zero-order chi connectivity index (χ0) is 23.0. The van der Waals surface area contributed by atoms with E-state index in [-0.39, 0.29) is 11.3 Å². The quantitative estimate of drug-likeness (QED) is 0.559. The van der Waals surface area contributed by atoms with E-state index in [1.807, 2.05) is 25.1 Å². The first-order valence-corrected chi connectivity index (χ1v) is 10.5. The molecule has 1 aliphatic heterocycles. The maximum absolute atomic E-state index is 13.5. The molecule has 32 heavy (non-hydrogen) atoms. The molecule has 0 aliphatic carbocycles. The molecule has 0 radical (unpaired) electrons. The lowest BCUT2D eigenvalue weighted by atomic mass is 9.96. The molecule has 9 heteroatoms. The van der Waals surface area contributed by atoms with Crippen molar-refractivity contribution in [3.8, 4) is 0 Å². The smallest absolute Gasteiger partial charge is 0.399 e. The van der Waals surface area contributed by atoms with E-state index in [0.29, 0.717) is 24.6 Å². The van der Waals surface area contributed by atoms with Crippen LogP contribution in [0.15, 0.2) is 30.3 Å². The van der Waals surface area contributed by atoms with Crippen molar-refractivity contribution >= 4 is 28.0 Å². The van der Waals surface area contributed by atoms with Gasteiger partial charge in [0.15, 0.2) is 5.82 Å². The van der Waals surface area contributed by atoms with Gasteiger partial charge in [-0.05, 0) is 56.2 Å². The summed E-state index contributed by atoms with van der Waals surface area (Å²) in [7, 11) is 0. The van der Waals surface area contributed by atoms with Crippen LogP contribution in [-0.4, -0.2) is 36.5 Å². The van der Waals surface area contributed by atoms with E-state index in [1.165, 1.54) is 6.92 Å². The van der Waals surface area contributed by atoms with E-state index >= 15 is 0 Å². The van der Waals surface area contributed by atoms with Crippen molar-refractivity contribution in [2.75, 3.05) is 42.3 Å². The molecule has 1 saturated heterocycles. The molecule has 0 saturated carbocycles. The van der Waals surface area contributed by atoms with Crippen LogP contribution in [0.2, 0.25) is 0 Å². The molecule has 1 aliphatic rings. The number of anilines is 3. The highest BCUT2D eigenvalue weighted by molar-refractivity contribution is 5.95. The summed E-state index contributed by atoms with van der Waals surface area (Å²) in [5.74, 6) is 0.517. The van der Waals surface area contributed by atoms with Crippen molar-refractivity contribution in [3.05, 3.63) is 52.7 Å². The molecule has 0 amide bonds. The molecule has 0 bridgehead atoms. The van der Waals surface area contributed by atoms with Crippen LogP contribution in [0.5, 0.6) is 0 Å². The zero-order valence-corrected chi connectivity index (χ0v) is 18.3. The van der Waals surface area contributed by atoms with E-state index < -0.39 is 17.8 Å². The van der Waals surface area contributed by atoms with Gasteiger partial charge in [-0.25, -0.2) is 0 Å². The van der Waals surface area contributed by atoms with Crippen LogP contribution in [0.3, 0.4) is 0 Å². The largest absolute Gasteiger partial charge is 0.416 e. The van der Waals surface area contributed by atoms with Gasteiger partial charge >= 0.3 is 6.18 Å². The van der Waals surface area contributed by atoms with E-state index in [2.05, 4.69) is 20.4 Å². The summed E-state index contributed by atoms with van der Waals surface area (Å²) >= 11 is 0. The van der Waals surface area contributed by atoms with Gasteiger partial charge in [0.25, 0.3) is 0 Å². The number of alkyl halides is 3. The van der Waals surface area contributed by atoms with Crippen molar-refractivity contribution in [2.45, 2.75) is 33.0 Å². The Balaban J connectivity index is 1.73. The molecule has 3 N–H and O–H groups in total. The lowest BCUT2D eigenvalue weighted by molar-refractivity contribution is -0.138. The normalized spacial score (nSPS) is 15.8. The van der Waals surface area contributed by atoms with Crippen molar-refractivity contribution in [3.63, 3.8) is 0 Å². The van der Waals surface area contributed by atoms with Crippen molar-refractivity contribution in [1.82, 2.24) is 10.2 Å². The highest BCUT2D eigenvalue weighted by atomic mass is 19.4. The van der Waals surface area contributed by atoms with Crippen molar-refractivity contribution in [2.24, 2.45) is 0 Å². The average Bonchev–Trinajstić information content (AvgIpc) is 2.76. The fourth-order valence-corrected chi connectivity index (χ4v) is 4.19. The summed E-state index contributed by atoms with van der Waals surface area (Å²) in [5.41, 5.74) is 7.58. The fraction of sp³-hybridized carbons (Fsp3) is 0.391. The number of morpholine rings is 1. The van der Waals surface area contributed by atoms with E-state index in [0.717, 1.165) is 41.3 Å². The topological polar surface area (TPSA) is 76.3 Å². The minimum atomic E-state index is -4.47. The Labute approximate surface area is 184 Å². The maximum Gasteiger partial charge on any atom is 0.416 e. The van der Waals surface area contributed by atoms with Crippen molar-refractivity contribution < 1.29 is 17.9 Å². The number of hydrogen-bond acceptors (Lipinski definition) is 6. The summed E-state index contributed by atoms with van der Waals surface area (Å²) in [6.45, 7) is 8.07. The number of fused-ring (bicyclic) bond motifs is 1. The Morgan fingerprint density at radius 3 is 2.47 bits per heavy atom. The van der Waals surface area contributed by atoms with Gasteiger partial charge in [-0.1, -0.05) is 6.07 Å². The van der Waals surface area contributed by atoms with Crippen LogP contribution in [0.4, 0.5) is 30.4 Å². The monoisotopic (exact) mass is 445 g/mol. The standard InChI is InChI=1S/C23H26F3N5O/c1-13-19(10-16(27)11-21(13)23(24,25)26)14(2)28-22-20-12-17(31-6-8-32-9-7-31)4-5-18(20)15(3)29-30-22/h4-5,10-12,14H,6-9,27H2,1-3H3,(H,28,30). The summed E-state index contributed by atoms with van der Waals surface area (Å²) in [6, 6.07) is 8.18. The van der Waals surface area contributed by atoms with Crippen LogP contribution >= 0.6 is 0 Å². The van der Waals surface area contributed by atoms with Gasteiger partial charge in [0.1, 0.15) is 0 Å². The molecular weight excluding hydrogens is 419 g/mol. The number of nitrogens with zero attached hydrogens (tertiary/aromatic N) is 3. The summed E-state index contributed by atoms with van der Waals surface area (Å²) in [4.78, 5) is 2.24. The van der Waals surface area contributed by atoms with E-state index in [4.69, 9.17) is 10.5 Å². The Morgan fingerprint density at radius 1 is 1.06 bits per heavy atom. The van der Waals surface area contributed by atoms with Gasteiger partial charge in [-0.15, -0.1) is 5.10 Å². The number of rotatable bonds is 4. The molecule has 1 atom stereocenters. The Bertz CT molecular complexity index is 1140. The van der Waals surface area contributed by atoms with E-state index in [1.54, 1.807) is 13.0 Å². The van der Waals surface area contributed by atoms with Gasteiger partial charge in [0.2, 0.25) is 0 Å². The first kappa shape index (κ1) is 22.1. The summed E-state index contributed by atoms with van der Waals surface area (Å²) in [5, 5.41) is 13.6. The number of hydrogen-bond donors (Lipinski definition) is 2. The molecule has 6 nitrogen and oxygen atoms in total. The average molecular weight is 445 g/mol. The third-order valence-electron chi connectivity index (χ3n) is 5.92. The van der Waals surface area contributed by atoms with Gasteiger partial charge in [-0.3, -0.25) is 0 Å². The molecule has 1 fully saturated rings. The lowest BCUT2D eigenvalue weighted by Gasteiger charge is -2.29. The first-order valence-electron chi connectivity index (χ1n) is 10.5. The lowest BCUT2D eigenvalue weighted by Crippen LogP contribution is -2.36. The second-order valence-corrected chi connectivity index (χ2v) is 8.11. The van der Waals surface area contributed by atoms with Gasteiger partial charge in [0.05, 0.1) is 30.5 Å². The van der Waals surface area contributed by atoms with E-state index in [9.17, 15) is 13.2 Å². The van der Waals surface area contributed by atoms with Crippen LogP contribution in [0.1, 0.15) is 35.3 Å². The van der Waals surface area contributed by atoms with Crippen LogP contribution < -0.4 is 16.0 Å². The Kier molecular flexibility index (Phi) is 5.85. The number of ether oxygens (including phenoxy) is 1. The third kappa shape index (κ3) is 4.29. The molecule has 4 rings (SSSR count). The van der Waals surface area contributed by atoms with Gasteiger partial charge < -0.3 is 20.7 Å². The molecule has 0 spiro atoms. The number of nitrogens with two attached hydrogens (primary N) is 1. The summed E-state index contributed by atoms with van der Waals surface area (Å²) < 4.78 is 45.8. The first-order chi connectivity index (χ1) is 15.1. The highest BCUT2D eigenvalue weighted by Gasteiger charge is 2.34. The van der Waals surface area contributed by atoms with Gasteiger partial charge in [0, 0.05) is 35.2 Å². The van der Waals surface area contributed by atoms with Crippen LogP contribution in [-0.2, 0) is 10.9 Å². The second kappa shape index (κ2) is 8.46. The zero-order valence-electron chi connectivity index (χ0n) is 18.3. The number of aryl methyl sites for hydroxylation is 1. The van der Waals surface area contributed by atoms with Crippen LogP contribution in [0.25, 0.3) is 10.8 Å². The second-order valence-electron chi connectivity index (χ2n) is 8.11. The molecule has 2 heterocycles. The molecular formula is C23H26F3N5O. The SMILES string of the molecule is Cc1c(C(C)Nc2nnc(C)c3ccc(N4CCOCC4)cc23)cc(N)cc1C(F)(F)F. The Hall–Kier alpha value is -3.07. The third-order valence-corrected chi connectivity index (χ3v) is 5.92. The molecule has 2 aromatic carbocycles. The fourth-order valence-electron chi connectivity index (χ4n) is 4.19. The number of aromatic nitrogens is 2. The number of nitrogens with one attached hydrogen (secondary N) is 1. The van der Waals surface area contributed by atoms with Crippen molar-refractivity contribution in [1.29, 1.82) is 0 Å². The molecule has 1 aromatic heterocycles. The highest BCUT2D eigenvalue weighted by Crippen LogP contribution is 2.37. The molecule has 3 aromatic rings. The summed E-state index contributed by atoms with van der Waals surface area (Å²) in [6.07, 6.45) is -4.47. The predicted molar refractivity (Wildman–Crippen MR) is 120 cm³/mol. The number of halogens is 3. The maximum atomic E-state index is 13.5.